The fourth-order valence-electron chi connectivity index (χ4n) is 4.35. The molecule has 0 aliphatic heterocycles. The predicted molar refractivity (Wildman–Crippen MR) is 104 cm³/mol. The van der Waals surface area contributed by atoms with E-state index in [1.165, 1.54) is 71.0 Å². The Morgan fingerprint density at radius 2 is 1.80 bits per heavy atom. The highest BCUT2D eigenvalue weighted by Crippen LogP contribution is 2.35. The molecule has 2 aromatic heterocycles. The monoisotopic (exact) mass is 331 g/mol. The lowest BCUT2D eigenvalue weighted by Gasteiger charge is -2.22. The molecule has 0 atom stereocenters. The van der Waals surface area contributed by atoms with E-state index in [1.807, 2.05) is 12.4 Å². The molecular formula is C23H27N2+. The topological polar surface area (TPSA) is 16.8 Å². The summed E-state index contributed by atoms with van der Waals surface area (Å²) in [7, 11) is 2.17. The normalized spacial score (nSPS) is 15.6. The van der Waals surface area contributed by atoms with Crippen LogP contribution in [0.5, 0.6) is 0 Å². The molecule has 2 heterocycles. The van der Waals surface area contributed by atoms with Crippen LogP contribution in [0.3, 0.4) is 0 Å². The molecule has 128 valence electrons. The van der Waals surface area contributed by atoms with Gasteiger partial charge in [-0.15, -0.1) is 0 Å². The van der Waals surface area contributed by atoms with E-state index < -0.39 is 0 Å². The molecule has 1 aliphatic rings. The molecule has 2 nitrogen and oxygen atoms in total. The van der Waals surface area contributed by atoms with Gasteiger partial charge < -0.3 is 0 Å². The van der Waals surface area contributed by atoms with E-state index in [9.17, 15) is 0 Å². The summed E-state index contributed by atoms with van der Waals surface area (Å²) in [6.07, 6.45) is 10.7. The van der Waals surface area contributed by atoms with Crippen molar-refractivity contribution >= 4 is 10.8 Å². The van der Waals surface area contributed by atoms with Crippen LogP contribution in [0.1, 0.15) is 54.8 Å². The molecule has 1 aliphatic carbocycles. The van der Waals surface area contributed by atoms with E-state index in [0.29, 0.717) is 0 Å². The smallest absolute Gasteiger partial charge is 0.220 e. The predicted octanol–water partition coefficient (Wildman–Crippen LogP) is 5.39. The Labute approximate surface area is 150 Å². The highest BCUT2D eigenvalue weighted by atomic mass is 14.9. The molecule has 4 rings (SSSR count). The fraction of sp³-hybridized carbons (Fsp3) is 0.391. The van der Waals surface area contributed by atoms with Gasteiger partial charge in [0.1, 0.15) is 7.05 Å². The number of nitrogens with zero attached hydrogens (tertiary/aromatic N) is 2. The maximum Gasteiger partial charge on any atom is 0.220 e. The fourth-order valence-corrected chi connectivity index (χ4v) is 4.35. The van der Waals surface area contributed by atoms with Gasteiger partial charge >= 0.3 is 0 Å². The third kappa shape index (κ3) is 2.95. The van der Waals surface area contributed by atoms with Crippen molar-refractivity contribution in [3.8, 4) is 11.3 Å². The zero-order valence-corrected chi connectivity index (χ0v) is 15.5. The van der Waals surface area contributed by atoms with Crippen LogP contribution in [0.25, 0.3) is 22.0 Å². The van der Waals surface area contributed by atoms with E-state index in [2.05, 4.69) is 60.8 Å². The number of benzene rings is 1. The van der Waals surface area contributed by atoms with Gasteiger partial charge in [-0.1, -0.05) is 31.4 Å². The summed E-state index contributed by atoms with van der Waals surface area (Å²) in [5, 5.41) is 2.70. The van der Waals surface area contributed by atoms with Crippen LogP contribution in [0.2, 0.25) is 0 Å². The number of pyridine rings is 2. The van der Waals surface area contributed by atoms with E-state index in [-0.39, 0.29) is 0 Å². The lowest BCUT2D eigenvalue weighted by atomic mass is 9.83. The lowest BCUT2D eigenvalue weighted by Crippen LogP contribution is -2.35. The minimum Gasteiger partial charge on any atom is -0.264 e. The van der Waals surface area contributed by atoms with Crippen molar-refractivity contribution in [1.82, 2.24) is 4.98 Å². The third-order valence-corrected chi connectivity index (χ3v) is 5.91. The summed E-state index contributed by atoms with van der Waals surface area (Å²) in [6.45, 7) is 4.35. The summed E-state index contributed by atoms with van der Waals surface area (Å²) in [4.78, 5) is 4.27. The second-order valence-corrected chi connectivity index (χ2v) is 7.57. The van der Waals surface area contributed by atoms with Crippen LogP contribution in [-0.2, 0) is 7.05 Å². The van der Waals surface area contributed by atoms with Crippen LogP contribution in [0.4, 0.5) is 0 Å². The van der Waals surface area contributed by atoms with Crippen molar-refractivity contribution in [3.05, 3.63) is 59.5 Å². The van der Waals surface area contributed by atoms with E-state index in [1.54, 1.807) is 0 Å². The molecule has 0 radical (unpaired) electrons. The van der Waals surface area contributed by atoms with Gasteiger partial charge in [-0.05, 0) is 54.3 Å². The molecule has 3 aromatic rings. The number of aromatic nitrogens is 2. The van der Waals surface area contributed by atoms with Gasteiger partial charge in [0.2, 0.25) is 5.69 Å². The summed E-state index contributed by atoms with van der Waals surface area (Å²) in [5.41, 5.74) is 6.61. The molecule has 0 saturated heterocycles. The first kappa shape index (κ1) is 16.3. The Hall–Kier alpha value is -2.22. The molecule has 0 N–H and O–H groups in total. The van der Waals surface area contributed by atoms with Gasteiger partial charge in [0.15, 0.2) is 5.69 Å². The maximum absolute atomic E-state index is 4.27. The summed E-state index contributed by atoms with van der Waals surface area (Å²) < 4.78 is 2.31. The van der Waals surface area contributed by atoms with Crippen LogP contribution < -0.4 is 4.57 Å². The van der Waals surface area contributed by atoms with Crippen molar-refractivity contribution in [2.24, 2.45) is 7.05 Å². The molecule has 0 unspecified atom stereocenters. The number of hydrogen-bond donors (Lipinski definition) is 0. The van der Waals surface area contributed by atoms with Crippen LogP contribution in [0.15, 0.2) is 42.7 Å². The average molecular weight is 331 g/mol. The van der Waals surface area contributed by atoms with Crippen molar-refractivity contribution in [2.45, 2.75) is 51.9 Å². The van der Waals surface area contributed by atoms with Crippen LogP contribution in [-0.4, -0.2) is 4.98 Å². The molecule has 0 bridgehead atoms. The minimum absolute atomic E-state index is 0.749. The third-order valence-electron chi connectivity index (χ3n) is 5.91. The first-order chi connectivity index (χ1) is 12.1. The quantitative estimate of drug-likeness (QED) is 0.575. The maximum atomic E-state index is 4.27. The summed E-state index contributed by atoms with van der Waals surface area (Å²) in [5.74, 6) is 0.749. The van der Waals surface area contributed by atoms with Gasteiger partial charge in [-0.25, -0.2) is 0 Å². The van der Waals surface area contributed by atoms with Gasteiger partial charge in [-0.2, -0.15) is 4.57 Å². The van der Waals surface area contributed by atoms with Crippen molar-refractivity contribution < 1.29 is 4.57 Å². The highest BCUT2D eigenvalue weighted by Gasteiger charge is 2.21. The van der Waals surface area contributed by atoms with Crippen LogP contribution in [0, 0.1) is 13.8 Å². The minimum atomic E-state index is 0.749. The number of rotatable bonds is 2. The molecule has 0 spiro atoms. The Morgan fingerprint density at radius 3 is 2.56 bits per heavy atom. The zero-order valence-electron chi connectivity index (χ0n) is 15.5. The number of hydrogen-bond acceptors (Lipinski definition) is 1. The van der Waals surface area contributed by atoms with Crippen molar-refractivity contribution in [3.63, 3.8) is 0 Å². The molecule has 1 fully saturated rings. The first-order valence-corrected chi connectivity index (χ1v) is 9.49. The highest BCUT2D eigenvalue weighted by molar-refractivity contribution is 5.94. The standard InChI is InChI=1S/C23H27N2/c1-16-15-24-12-11-21(16)23-22-10-9-19(18-7-5-4-6-8-18)14-20(22)13-17(2)25(23)3/h9-15,18H,4-8H2,1-3H3/q+1. The Morgan fingerprint density at radius 1 is 1.00 bits per heavy atom. The Balaban J connectivity index is 1.91. The molecule has 1 saturated carbocycles. The van der Waals surface area contributed by atoms with E-state index in [0.717, 1.165) is 5.92 Å². The Bertz CT molecular complexity index is 921. The summed E-state index contributed by atoms with van der Waals surface area (Å²) in [6, 6.07) is 11.6. The van der Waals surface area contributed by atoms with E-state index in [4.69, 9.17) is 0 Å². The molecular weight excluding hydrogens is 304 g/mol. The number of fused-ring (bicyclic) bond motifs is 1. The largest absolute Gasteiger partial charge is 0.264 e. The molecule has 0 amide bonds. The second-order valence-electron chi connectivity index (χ2n) is 7.57. The lowest BCUT2D eigenvalue weighted by molar-refractivity contribution is -0.665. The van der Waals surface area contributed by atoms with Gasteiger partial charge in [0.05, 0.1) is 10.9 Å². The van der Waals surface area contributed by atoms with Crippen molar-refractivity contribution in [2.75, 3.05) is 0 Å². The van der Waals surface area contributed by atoms with Gasteiger partial charge in [-0.3, -0.25) is 4.98 Å². The average Bonchev–Trinajstić information content (AvgIpc) is 2.64. The molecule has 1 aromatic carbocycles. The zero-order chi connectivity index (χ0) is 17.4. The SMILES string of the molecule is Cc1cnccc1-c1c2ccc(C3CCCCC3)cc2cc(C)[n+]1C. The van der Waals surface area contributed by atoms with Gasteiger partial charge in [0, 0.05) is 25.4 Å². The Kier molecular flexibility index (Phi) is 4.29. The first-order valence-electron chi connectivity index (χ1n) is 9.49. The van der Waals surface area contributed by atoms with Crippen molar-refractivity contribution in [1.29, 1.82) is 0 Å². The molecule has 25 heavy (non-hydrogen) atoms. The van der Waals surface area contributed by atoms with Gasteiger partial charge in [0.25, 0.3) is 0 Å². The van der Waals surface area contributed by atoms with E-state index >= 15 is 0 Å². The number of aryl methyl sites for hydroxylation is 2. The van der Waals surface area contributed by atoms with Crippen LogP contribution >= 0.6 is 0 Å². The molecule has 2 heteroatoms. The second kappa shape index (κ2) is 6.59. The summed E-state index contributed by atoms with van der Waals surface area (Å²) >= 11 is 0.